The van der Waals surface area contributed by atoms with Crippen LogP contribution in [0.4, 0.5) is 10.5 Å². The van der Waals surface area contributed by atoms with Gasteiger partial charge in [0, 0.05) is 33.8 Å². The largest absolute Gasteiger partial charge is 0.361 e. The number of aryl methyl sites for hydroxylation is 1. The van der Waals surface area contributed by atoms with Crippen LogP contribution in [0.25, 0.3) is 10.9 Å². The van der Waals surface area contributed by atoms with Crippen molar-refractivity contribution in [1.82, 2.24) is 10.3 Å². The highest BCUT2D eigenvalue weighted by Crippen LogP contribution is 2.20. The summed E-state index contributed by atoms with van der Waals surface area (Å²) < 4.78 is 1.03. The minimum absolute atomic E-state index is 0.188. The van der Waals surface area contributed by atoms with Gasteiger partial charge in [-0.15, -0.1) is 0 Å². The van der Waals surface area contributed by atoms with Gasteiger partial charge in [-0.2, -0.15) is 0 Å². The van der Waals surface area contributed by atoms with E-state index in [1.165, 1.54) is 10.9 Å². The summed E-state index contributed by atoms with van der Waals surface area (Å²) in [6.45, 7) is 2.58. The van der Waals surface area contributed by atoms with Crippen LogP contribution in [0.2, 0.25) is 0 Å². The Hall–Kier alpha value is -2.27. The Kier molecular flexibility index (Phi) is 4.67. The lowest BCUT2D eigenvalue weighted by molar-refractivity contribution is 0.252. The summed E-state index contributed by atoms with van der Waals surface area (Å²) in [7, 11) is 0. The fraction of sp³-hybridized carbons (Fsp3) is 0.167. The number of H-pyrrole nitrogens is 1. The van der Waals surface area contributed by atoms with Gasteiger partial charge >= 0.3 is 6.03 Å². The standard InChI is InChI=1S/C18H18BrN3O/c1-12-10-14(6-7-16(12)19)22-18(23)20-9-8-13-11-21-17-5-3-2-4-15(13)17/h2-7,10-11,21H,8-9H2,1H3,(H2,20,22,23). The maximum Gasteiger partial charge on any atom is 0.319 e. The number of nitrogens with one attached hydrogen (secondary N) is 3. The van der Waals surface area contributed by atoms with Crippen molar-refractivity contribution < 1.29 is 4.79 Å². The van der Waals surface area contributed by atoms with E-state index in [1.807, 2.05) is 43.5 Å². The number of benzene rings is 2. The lowest BCUT2D eigenvalue weighted by Gasteiger charge is -2.08. The molecule has 0 spiro atoms. The maximum atomic E-state index is 12.0. The van der Waals surface area contributed by atoms with E-state index in [0.29, 0.717) is 6.54 Å². The summed E-state index contributed by atoms with van der Waals surface area (Å²) in [6, 6.07) is 13.7. The molecule has 0 atom stereocenters. The first-order valence-electron chi connectivity index (χ1n) is 7.49. The van der Waals surface area contributed by atoms with Crippen LogP contribution in [-0.4, -0.2) is 17.6 Å². The molecule has 1 aromatic heterocycles. The third-order valence-electron chi connectivity index (χ3n) is 3.77. The number of para-hydroxylation sites is 1. The number of hydrogen-bond donors (Lipinski definition) is 3. The fourth-order valence-corrected chi connectivity index (χ4v) is 2.79. The predicted molar refractivity (Wildman–Crippen MR) is 97.9 cm³/mol. The Labute approximate surface area is 143 Å². The van der Waals surface area contributed by atoms with Gasteiger partial charge in [0.15, 0.2) is 0 Å². The van der Waals surface area contributed by atoms with Crippen LogP contribution in [0.3, 0.4) is 0 Å². The van der Waals surface area contributed by atoms with Gasteiger partial charge in [0.25, 0.3) is 0 Å². The normalized spacial score (nSPS) is 10.7. The SMILES string of the molecule is Cc1cc(NC(=O)NCCc2c[nH]c3ccccc23)ccc1Br. The predicted octanol–water partition coefficient (Wildman–Crippen LogP) is 4.60. The zero-order valence-electron chi connectivity index (χ0n) is 12.8. The van der Waals surface area contributed by atoms with Crippen molar-refractivity contribution in [2.75, 3.05) is 11.9 Å². The summed E-state index contributed by atoms with van der Waals surface area (Å²) >= 11 is 3.45. The number of anilines is 1. The second-order valence-electron chi connectivity index (χ2n) is 5.45. The molecule has 0 fully saturated rings. The van der Waals surface area contributed by atoms with Crippen LogP contribution in [0, 0.1) is 6.92 Å². The molecular formula is C18H18BrN3O. The molecule has 0 aliphatic carbocycles. The summed E-state index contributed by atoms with van der Waals surface area (Å²) in [5.41, 5.74) is 4.20. The van der Waals surface area contributed by atoms with E-state index in [4.69, 9.17) is 0 Å². The number of fused-ring (bicyclic) bond motifs is 1. The van der Waals surface area contributed by atoms with Gasteiger partial charge in [0.05, 0.1) is 0 Å². The monoisotopic (exact) mass is 371 g/mol. The van der Waals surface area contributed by atoms with Crippen molar-refractivity contribution in [2.45, 2.75) is 13.3 Å². The molecule has 0 saturated carbocycles. The molecule has 1 heterocycles. The highest BCUT2D eigenvalue weighted by Gasteiger charge is 2.05. The van der Waals surface area contributed by atoms with Crippen LogP contribution in [0.1, 0.15) is 11.1 Å². The minimum Gasteiger partial charge on any atom is -0.361 e. The van der Waals surface area contributed by atoms with Gasteiger partial charge in [-0.3, -0.25) is 0 Å². The molecule has 3 N–H and O–H groups in total. The second kappa shape index (κ2) is 6.87. The molecule has 23 heavy (non-hydrogen) atoms. The van der Waals surface area contributed by atoms with Crippen molar-refractivity contribution in [3.05, 3.63) is 64.3 Å². The topological polar surface area (TPSA) is 56.9 Å². The lowest BCUT2D eigenvalue weighted by Crippen LogP contribution is -2.30. The fourth-order valence-electron chi connectivity index (χ4n) is 2.55. The summed E-state index contributed by atoms with van der Waals surface area (Å²) in [4.78, 5) is 15.2. The molecule has 4 nitrogen and oxygen atoms in total. The molecular weight excluding hydrogens is 354 g/mol. The molecule has 2 aromatic carbocycles. The molecule has 0 aliphatic rings. The molecule has 5 heteroatoms. The van der Waals surface area contributed by atoms with Gasteiger partial charge in [-0.05, 0) is 48.7 Å². The van der Waals surface area contributed by atoms with Crippen molar-refractivity contribution in [2.24, 2.45) is 0 Å². The van der Waals surface area contributed by atoms with Gasteiger partial charge in [0.2, 0.25) is 0 Å². The average molecular weight is 372 g/mol. The summed E-state index contributed by atoms with van der Waals surface area (Å²) in [5.74, 6) is 0. The first-order valence-corrected chi connectivity index (χ1v) is 8.29. The van der Waals surface area contributed by atoms with Crippen LogP contribution in [0.5, 0.6) is 0 Å². The highest BCUT2D eigenvalue weighted by molar-refractivity contribution is 9.10. The number of amides is 2. The van der Waals surface area contributed by atoms with Gasteiger partial charge in [-0.25, -0.2) is 4.79 Å². The third-order valence-corrected chi connectivity index (χ3v) is 4.66. The van der Waals surface area contributed by atoms with Crippen LogP contribution in [-0.2, 0) is 6.42 Å². The van der Waals surface area contributed by atoms with Crippen molar-refractivity contribution >= 4 is 38.6 Å². The van der Waals surface area contributed by atoms with E-state index in [0.717, 1.165) is 27.7 Å². The van der Waals surface area contributed by atoms with Crippen molar-refractivity contribution in [3.8, 4) is 0 Å². The zero-order chi connectivity index (χ0) is 16.2. The first kappa shape index (κ1) is 15.6. The van der Waals surface area contributed by atoms with Crippen LogP contribution >= 0.6 is 15.9 Å². The Morgan fingerprint density at radius 3 is 2.87 bits per heavy atom. The molecule has 0 radical (unpaired) electrons. The number of urea groups is 1. The molecule has 3 rings (SSSR count). The molecule has 118 valence electrons. The number of halogens is 1. The van der Waals surface area contributed by atoms with E-state index in [2.05, 4.69) is 43.7 Å². The van der Waals surface area contributed by atoms with E-state index in [-0.39, 0.29) is 6.03 Å². The third kappa shape index (κ3) is 3.74. The Bertz CT molecular complexity index is 841. The van der Waals surface area contributed by atoms with E-state index >= 15 is 0 Å². The lowest BCUT2D eigenvalue weighted by atomic mass is 10.1. The average Bonchev–Trinajstić information content (AvgIpc) is 2.94. The van der Waals surface area contributed by atoms with Crippen LogP contribution in [0.15, 0.2) is 53.1 Å². The van der Waals surface area contributed by atoms with Gasteiger partial charge in [0.1, 0.15) is 0 Å². The van der Waals surface area contributed by atoms with E-state index in [9.17, 15) is 4.79 Å². The van der Waals surface area contributed by atoms with Crippen molar-refractivity contribution in [1.29, 1.82) is 0 Å². The number of aromatic amines is 1. The molecule has 0 saturated heterocycles. The molecule has 0 unspecified atom stereocenters. The summed E-state index contributed by atoms with van der Waals surface area (Å²) in [6.07, 6.45) is 2.79. The van der Waals surface area contributed by atoms with E-state index in [1.54, 1.807) is 0 Å². The highest BCUT2D eigenvalue weighted by atomic mass is 79.9. The number of hydrogen-bond acceptors (Lipinski definition) is 1. The quantitative estimate of drug-likeness (QED) is 0.616. The maximum absolute atomic E-state index is 12.0. The second-order valence-corrected chi connectivity index (χ2v) is 6.31. The van der Waals surface area contributed by atoms with Crippen molar-refractivity contribution in [3.63, 3.8) is 0 Å². The zero-order valence-corrected chi connectivity index (χ0v) is 14.4. The van der Waals surface area contributed by atoms with E-state index < -0.39 is 0 Å². The minimum atomic E-state index is -0.188. The number of aromatic nitrogens is 1. The number of rotatable bonds is 4. The smallest absolute Gasteiger partial charge is 0.319 e. The van der Waals surface area contributed by atoms with Gasteiger partial charge in [-0.1, -0.05) is 34.1 Å². The summed E-state index contributed by atoms with van der Waals surface area (Å²) in [5, 5.41) is 6.95. The molecule has 2 amide bonds. The Balaban J connectivity index is 1.54. The molecule has 0 aliphatic heterocycles. The first-order chi connectivity index (χ1) is 11.1. The Morgan fingerprint density at radius 2 is 2.04 bits per heavy atom. The molecule has 3 aromatic rings. The number of carbonyl (C=O) groups is 1. The van der Waals surface area contributed by atoms with Crippen LogP contribution < -0.4 is 10.6 Å². The van der Waals surface area contributed by atoms with Gasteiger partial charge < -0.3 is 15.6 Å². The molecule has 0 bridgehead atoms. The Morgan fingerprint density at radius 1 is 1.22 bits per heavy atom. The number of carbonyl (C=O) groups excluding carboxylic acids is 1.